The van der Waals surface area contributed by atoms with Gasteiger partial charge < -0.3 is 15.3 Å². The number of sulfonamides is 1. The first kappa shape index (κ1) is 27.0. The highest BCUT2D eigenvalue weighted by molar-refractivity contribution is 7.94. The molecule has 4 rings (SSSR count). The Labute approximate surface area is 219 Å². The van der Waals surface area contributed by atoms with Crippen molar-refractivity contribution in [2.24, 2.45) is 5.41 Å². The van der Waals surface area contributed by atoms with Crippen molar-refractivity contribution < 1.29 is 31.1 Å². The summed E-state index contributed by atoms with van der Waals surface area (Å²) in [6, 6.07) is 7.14. The van der Waals surface area contributed by atoms with Crippen LogP contribution in [0, 0.1) is 11.2 Å². The fourth-order valence-electron chi connectivity index (χ4n) is 4.44. The molecule has 2 aliphatic rings. The number of aliphatic hydroxyl groups excluding tert-OH is 1. The van der Waals surface area contributed by atoms with Crippen LogP contribution in [-0.2, 0) is 31.2 Å². The maximum absolute atomic E-state index is 13.7. The van der Waals surface area contributed by atoms with Crippen molar-refractivity contribution in [2.45, 2.75) is 38.3 Å². The van der Waals surface area contributed by atoms with Gasteiger partial charge in [-0.2, -0.15) is 0 Å². The molecule has 37 heavy (non-hydrogen) atoms. The number of anilines is 2. The summed E-state index contributed by atoms with van der Waals surface area (Å²) >= 11 is 5.90. The summed E-state index contributed by atoms with van der Waals surface area (Å²) in [5.41, 5.74) is -0.283. The van der Waals surface area contributed by atoms with Crippen molar-refractivity contribution in [3.63, 3.8) is 0 Å². The first-order chi connectivity index (χ1) is 17.0. The third-order valence-corrected chi connectivity index (χ3v) is 8.25. The quantitative estimate of drug-likeness (QED) is 0.492. The van der Waals surface area contributed by atoms with Gasteiger partial charge in [-0.1, -0.05) is 38.4 Å². The Kier molecular flexibility index (Phi) is 6.58. The standard InChI is InChI=1S/C24H25ClFN3O6S2/c1-24(2,3)22-21(30)20(23(31)29(22)11-13-5-7-16(26)15(25)9-13)18-12-37(34,35)19-10-14(28-36(4,32)33)6-8-17(19)27-18/h5-10,12,22,27-28,30H,11H2,1-4H3/t22-/m1/s1. The predicted octanol–water partition coefficient (Wildman–Crippen LogP) is 4.16. The van der Waals surface area contributed by atoms with Crippen LogP contribution in [0.1, 0.15) is 26.3 Å². The van der Waals surface area contributed by atoms with Crippen molar-refractivity contribution in [3.05, 3.63) is 75.2 Å². The van der Waals surface area contributed by atoms with Crippen molar-refractivity contribution >= 4 is 48.7 Å². The molecule has 0 aromatic heterocycles. The third kappa shape index (κ3) is 5.32. The molecule has 3 N–H and O–H groups in total. The van der Waals surface area contributed by atoms with Crippen LogP contribution in [-0.4, -0.2) is 45.0 Å². The zero-order chi connectivity index (χ0) is 27.5. The lowest BCUT2D eigenvalue weighted by Crippen LogP contribution is -2.43. The number of fused-ring (bicyclic) bond motifs is 1. The number of nitrogens with zero attached hydrogens (tertiary/aromatic N) is 1. The van der Waals surface area contributed by atoms with E-state index in [0.717, 1.165) is 11.7 Å². The van der Waals surface area contributed by atoms with E-state index in [1.54, 1.807) is 0 Å². The number of aliphatic hydroxyl groups is 1. The Bertz CT molecular complexity index is 1590. The number of hydrogen-bond donors (Lipinski definition) is 3. The van der Waals surface area contributed by atoms with Crippen LogP contribution >= 0.6 is 11.6 Å². The second-order valence-electron chi connectivity index (χ2n) is 10.00. The van der Waals surface area contributed by atoms with Gasteiger partial charge in [-0.3, -0.25) is 9.52 Å². The number of hydrogen-bond acceptors (Lipinski definition) is 7. The summed E-state index contributed by atoms with van der Waals surface area (Å²) in [5.74, 6) is -1.54. The molecule has 2 aromatic carbocycles. The summed E-state index contributed by atoms with van der Waals surface area (Å²) in [7, 11) is -7.76. The van der Waals surface area contributed by atoms with E-state index in [9.17, 15) is 31.1 Å². The molecule has 198 valence electrons. The van der Waals surface area contributed by atoms with Crippen LogP contribution in [0.15, 0.2) is 63.7 Å². The monoisotopic (exact) mass is 569 g/mol. The number of amides is 1. The summed E-state index contributed by atoms with van der Waals surface area (Å²) < 4.78 is 65.2. The molecule has 0 fully saturated rings. The van der Waals surface area contributed by atoms with Gasteiger partial charge in [0.05, 0.1) is 39.0 Å². The number of benzene rings is 2. The zero-order valence-electron chi connectivity index (χ0n) is 20.3. The lowest BCUT2D eigenvalue weighted by Gasteiger charge is -2.35. The summed E-state index contributed by atoms with van der Waals surface area (Å²) in [6.45, 7) is 5.45. The molecule has 2 heterocycles. The van der Waals surface area contributed by atoms with E-state index in [1.165, 1.54) is 41.3 Å². The molecular weight excluding hydrogens is 545 g/mol. The average Bonchev–Trinajstić information content (AvgIpc) is 2.99. The molecule has 13 heteroatoms. The molecule has 0 saturated heterocycles. The number of nitrogens with one attached hydrogen (secondary N) is 2. The summed E-state index contributed by atoms with van der Waals surface area (Å²) in [4.78, 5) is 14.8. The Balaban J connectivity index is 1.75. The average molecular weight is 570 g/mol. The molecule has 1 amide bonds. The van der Waals surface area contributed by atoms with Gasteiger partial charge >= 0.3 is 0 Å². The van der Waals surface area contributed by atoms with E-state index in [0.29, 0.717) is 5.56 Å². The van der Waals surface area contributed by atoms with E-state index in [2.05, 4.69) is 10.0 Å². The SMILES string of the molecule is CC(C)(C)[C@H]1C(O)=C(C2=CS(=O)(=O)c3cc(NS(C)(=O)=O)ccc3N2)C(=O)N1Cc1ccc(F)c(Cl)c1. The van der Waals surface area contributed by atoms with Gasteiger partial charge in [0.25, 0.3) is 5.91 Å². The Morgan fingerprint density at radius 1 is 1.19 bits per heavy atom. The largest absolute Gasteiger partial charge is 0.509 e. The molecular formula is C24H25ClFN3O6S2. The van der Waals surface area contributed by atoms with Crippen LogP contribution in [0.3, 0.4) is 0 Å². The minimum absolute atomic E-state index is 0.00846. The number of carbonyl (C=O) groups is 1. The van der Waals surface area contributed by atoms with Gasteiger partial charge in [-0.05, 0) is 41.3 Å². The maximum Gasteiger partial charge on any atom is 0.260 e. The van der Waals surface area contributed by atoms with Gasteiger partial charge in [0.15, 0.2) is 0 Å². The molecule has 9 nitrogen and oxygen atoms in total. The van der Waals surface area contributed by atoms with E-state index in [1.807, 2.05) is 20.8 Å². The first-order valence-corrected chi connectivity index (χ1v) is 14.8. The van der Waals surface area contributed by atoms with Gasteiger partial charge in [-0.25, -0.2) is 21.2 Å². The molecule has 0 unspecified atom stereocenters. The van der Waals surface area contributed by atoms with Crippen molar-refractivity contribution in [3.8, 4) is 0 Å². The van der Waals surface area contributed by atoms with Gasteiger partial charge in [0, 0.05) is 12.2 Å². The van der Waals surface area contributed by atoms with Crippen LogP contribution in [0.25, 0.3) is 0 Å². The van der Waals surface area contributed by atoms with E-state index in [4.69, 9.17) is 11.6 Å². The molecule has 2 aliphatic heterocycles. The lowest BCUT2D eigenvalue weighted by atomic mass is 9.85. The van der Waals surface area contributed by atoms with Crippen LogP contribution in [0.4, 0.5) is 15.8 Å². The van der Waals surface area contributed by atoms with Crippen molar-refractivity contribution in [2.75, 3.05) is 16.3 Å². The fraction of sp³-hybridized carbons (Fsp3) is 0.292. The van der Waals surface area contributed by atoms with Crippen LogP contribution in [0.2, 0.25) is 5.02 Å². The highest BCUT2D eigenvalue weighted by Gasteiger charge is 2.47. The maximum atomic E-state index is 13.7. The minimum atomic E-state index is -4.13. The molecule has 0 spiro atoms. The topological polar surface area (TPSA) is 133 Å². The van der Waals surface area contributed by atoms with Gasteiger partial charge in [0.1, 0.15) is 17.1 Å². The molecule has 0 aliphatic carbocycles. The Morgan fingerprint density at radius 3 is 2.46 bits per heavy atom. The number of sulfone groups is 1. The highest BCUT2D eigenvalue weighted by atomic mass is 35.5. The third-order valence-electron chi connectivity index (χ3n) is 5.86. The second-order valence-corrected chi connectivity index (χ2v) is 13.9. The Morgan fingerprint density at radius 2 is 1.86 bits per heavy atom. The second kappa shape index (κ2) is 9.03. The van der Waals surface area contributed by atoms with Gasteiger partial charge in [0.2, 0.25) is 19.9 Å². The first-order valence-electron chi connectivity index (χ1n) is 11.0. The van der Waals surface area contributed by atoms with Crippen molar-refractivity contribution in [1.29, 1.82) is 0 Å². The smallest absolute Gasteiger partial charge is 0.260 e. The molecule has 0 radical (unpaired) electrons. The predicted molar refractivity (Wildman–Crippen MR) is 139 cm³/mol. The minimum Gasteiger partial charge on any atom is -0.509 e. The van der Waals surface area contributed by atoms with Crippen molar-refractivity contribution in [1.82, 2.24) is 4.90 Å². The van der Waals surface area contributed by atoms with Crippen LogP contribution in [0.5, 0.6) is 0 Å². The Hall–Kier alpha value is -3.09. The van der Waals surface area contributed by atoms with Gasteiger partial charge in [-0.15, -0.1) is 0 Å². The summed E-state index contributed by atoms with van der Waals surface area (Å²) in [6.07, 6.45) is 0.940. The number of rotatable bonds is 5. The van der Waals surface area contributed by atoms with E-state index >= 15 is 0 Å². The molecule has 0 bridgehead atoms. The molecule has 2 aromatic rings. The number of halogens is 2. The van der Waals surface area contributed by atoms with Crippen LogP contribution < -0.4 is 10.0 Å². The molecule has 0 saturated carbocycles. The zero-order valence-corrected chi connectivity index (χ0v) is 22.7. The summed E-state index contributed by atoms with van der Waals surface area (Å²) in [5, 5.41) is 14.8. The van der Waals surface area contributed by atoms with E-state index < -0.39 is 43.0 Å². The lowest BCUT2D eigenvalue weighted by molar-refractivity contribution is -0.129. The highest BCUT2D eigenvalue weighted by Crippen LogP contribution is 2.42. The fourth-order valence-corrected chi connectivity index (χ4v) is 6.53. The number of carbonyl (C=O) groups excluding carboxylic acids is 1. The molecule has 1 atom stereocenters. The normalized spacial score (nSPS) is 19.4. The van der Waals surface area contributed by atoms with E-state index in [-0.39, 0.29) is 44.9 Å².